The van der Waals surface area contributed by atoms with Crippen LogP contribution >= 0.6 is 11.8 Å². The van der Waals surface area contributed by atoms with Crippen molar-refractivity contribution >= 4 is 29.3 Å². The lowest BCUT2D eigenvalue weighted by Gasteiger charge is -2.11. The van der Waals surface area contributed by atoms with Gasteiger partial charge >= 0.3 is 0 Å². The van der Waals surface area contributed by atoms with Crippen molar-refractivity contribution in [2.24, 2.45) is 0 Å². The first-order chi connectivity index (χ1) is 17.0. The summed E-state index contributed by atoms with van der Waals surface area (Å²) in [5, 5.41) is 6.24. The summed E-state index contributed by atoms with van der Waals surface area (Å²) >= 11 is 1.21. The molecule has 0 atom stereocenters. The van der Waals surface area contributed by atoms with Crippen LogP contribution in [0.1, 0.15) is 35.3 Å². The van der Waals surface area contributed by atoms with E-state index in [1.54, 1.807) is 36.5 Å². The molecule has 2 amide bonds. The maximum Gasteiger partial charge on any atom is 0.254 e. The van der Waals surface area contributed by atoms with Gasteiger partial charge in [0.05, 0.1) is 24.0 Å². The number of thioether (sulfide) groups is 1. The van der Waals surface area contributed by atoms with Gasteiger partial charge in [-0.2, -0.15) is 0 Å². The molecular weight excluding hydrogens is 466 g/mol. The normalized spacial score (nSPS) is 12.0. The Bertz CT molecular complexity index is 1180. The van der Waals surface area contributed by atoms with E-state index >= 15 is 0 Å². The Kier molecular flexibility index (Phi) is 8.23. The van der Waals surface area contributed by atoms with Crippen molar-refractivity contribution in [3.05, 3.63) is 77.5 Å². The highest BCUT2D eigenvalue weighted by atomic mass is 32.2. The van der Waals surface area contributed by atoms with Gasteiger partial charge < -0.3 is 24.8 Å². The number of nitrogens with one attached hydrogen (secondary N) is 2. The van der Waals surface area contributed by atoms with Crippen LogP contribution < -0.4 is 20.1 Å². The van der Waals surface area contributed by atoms with E-state index in [0.717, 1.165) is 11.1 Å². The average molecular weight is 494 g/mol. The van der Waals surface area contributed by atoms with Crippen LogP contribution in [0, 0.1) is 0 Å². The van der Waals surface area contributed by atoms with Gasteiger partial charge in [0, 0.05) is 24.5 Å². The molecule has 0 spiro atoms. The van der Waals surface area contributed by atoms with Crippen LogP contribution in [0.4, 0.5) is 5.69 Å². The number of hydrogen-bond acceptors (Lipinski definition) is 7. The third-order valence-corrected chi connectivity index (χ3v) is 6.08. The van der Waals surface area contributed by atoms with E-state index < -0.39 is 0 Å². The van der Waals surface area contributed by atoms with Gasteiger partial charge in [-0.15, -0.1) is 0 Å². The predicted octanol–water partition coefficient (Wildman–Crippen LogP) is 4.40. The molecule has 2 N–H and O–H groups in total. The predicted molar refractivity (Wildman–Crippen MR) is 134 cm³/mol. The molecule has 0 saturated heterocycles. The molecule has 0 unspecified atom stereocenters. The van der Waals surface area contributed by atoms with E-state index in [-0.39, 0.29) is 30.5 Å². The van der Waals surface area contributed by atoms with Gasteiger partial charge in [0.15, 0.2) is 11.5 Å². The smallest absolute Gasteiger partial charge is 0.254 e. The maximum atomic E-state index is 12.8. The number of ether oxygens (including phenoxy) is 3. The number of carbonyl (C=O) groups is 2. The van der Waals surface area contributed by atoms with Crippen LogP contribution in [0.15, 0.2) is 65.8 Å². The molecule has 0 fully saturated rings. The van der Waals surface area contributed by atoms with E-state index in [1.165, 1.54) is 11.8 Å². The van der Waals surface area contributed by atoms with E-state index in [0.29, 0.717) is 40.9 Å². The molecule has 8 nitrogen and oxygen atoms in total. The van der Waals surface area contributed by atoms with Crippen LogP contribution in [-0.2, 0) is 22.7 Å². The van der Waals surface area contributed by atoms with Gasteiger partial charge in [0.25, 0.3) is 5.91 Å². The second-order valence-corrected chi connectivity index (χ2v) is 9.08. The maximum absolute atomic E-state index is 12.8. The fourth-order valence-corrected chi connectivity index (χ4v) is 4.07. The number of aromatic nitrogens is 1. The topological polar surface area (TPSA) is 98.8 Å². The summed E-state index contributed by atoms with van der Waals surface area (Å²) < 4.78 is 16.2. The summed E-state index contributed by atoms with van der Waals surface area (Å²) in [6.07, 6.45) is 1.78. The highest BCUT2D eigenvalue weighted by Gasteiger charge is 2.16. The Labute approximate surface area is 208 Å². The van der Waals surface area contributed by atoms with E-state index in [1.807, 2.05) is 38.1 Å². The molecule has 4 rings (SSSR count). The summed E-state index contributed by atoms with van der Waals surface area (Å²) in [6, 6.07) is 16.6. The van der Waals surface area contributed by atoms with Gasteiger partial charge in [-0.25, -0.2) is 4.98 Å². The zero-order valence-corrected chi connectivity index (χ0v) is 20.4. The minimum Gasteiger partial charge on any atom is -0.454 e. The van der Waals surface area contributed by atoms with Gasteiger partial charge in [0.1, 0.15) is 5.03 Å². The van der Waals surface area contributed by atoms with Crippen LogP contribution in [0.2, 0.25) is 0 Å². The van der Waals surface area contributed by atoms with Crippen molar-refractivity contribution in [1.82, 2.24) is 10.3 Å². The second kappa shape index (κ2) is 11.7. The zero-order valence-electron chi connectivity index (χ0n) is 19.6. The summed E-state index contributed by atoms with van der Waals surface area (Å²) in [4.78, 5) is 29.6. The molecule has 182 valence electrons. The summed E-state index contributed by atoms with van der Waals surface area (Å²) in [6.45, 7) is 5.11. The first-order valence-electron chi connectivity index (χ1n) is 11.2. The first-order valence-corrected chi connectivity index (χ1v) is 12.2. The van der Waals surface area contributed by atoms with Crippen LogP contribution in [0.5, 0.6) is 11.5 Å². The number of fused-ring (bicyclic) bond motifs is 1. The van der Waals surface area contributed by atoms with Crippen LogP contribution in [0.25, 0.3) is 0 Å². The van der Waals surface area contributed by atoms with Gasteiger partial charge in [-0.1, -0.05) is 36.0 Å². The number of carbonyl (C=O) groups excluding carboxylic acids is 2. The molecule has 1 aliphatic heterocycles. The van der Waals surface area contributed by atoms with Crippen molar-refractivity contribution in [3.63, 3.8) is 0 Å². The average Bonchev–Trinajstić information content (AvgIpc) is 3.33. The van der Waals surface area contributed by atoms with Gasteiger partial charge in [-0.05, 0) is 49.2 Å². The molecule has 1 aromatic heterocycles. The molecule has 0 bridgehead atoms. The zero-order chi connectivity index (χ0) is 24.6. The van der Waals surface area contributed by atoms with Gasteiger partial charge in [0.2, 0.25) is 12.7 Å². The Balaban J connectivity index is 1.29. The fourth-order valence-electron chi connectivity index (χ4n) is 3.28. The van der Waals surface area contributed by atoms with E-state index in [9.17, 15) is 9.59 Å². The Morgan fingerprint density at radius 1 is 1.06 bits per heavy atom. The molecule has 35 heavy (non-hydrogen) atoms. The number of pyridine rings is 1. The largest absolute Gasteiger partial charge is 0.454 e. The summed E-state index contributed by atoms with van der Waals surface area (Å²) in [7, 11) is 0. The minimum atomic E-state index is -0.246. The van der Waals surface area contributed by atoms with Crippen LogP contribution in [0.3, 0.4) is 0 Å². The SMILES string of the molecule is CC(C)OCc1ccc(CNC(=O)c2cccnc2SCC(=O)Nc2ccc3c(c2)OCO3)cc1. The molecule has 0 aliphatic carbocycles. The molecular formula is C26H27N3O5S. The Morgan fingerprint density at radius 2 is 1.83 bits per heavy atom. The van der Waals surface area contributed by atoms with Crippen molar-refractivity contribution in [3.8, 4) is 11.5 Å². The lowest BCUT2D eigenvalue weighted by atomic mass is 10.1. The summed E-state index contributed by atoms with van der Waals surface area (Å²) in [5.41, 5.74) is 3.10. The number of amides is 2. The van der Waals surface area contributed by atoms with E-state index in [4.69, 9.17) is 14.2 Å². The molecule has 1 aliphatic rings. The number of hydrogen-bond donors (Lipinski definition) is 2. The molecule has 0 saturated carbocycles. The molecule has 2 aromatic carbocycles. The van der Waals surface area contributed by atoms with Gasteiger partial charge in [-0.3, -0.25) is 9.59 Å². The molecule has 9 heteroatoms. The van der Waals surface area contributed by atoms with Crippen molar-refractivity contribution in [2.75, 3.05) is 17.9 Å². The van der Waals surface area contributed by atoms with Crippen molar-refractivity contribution < 1.29 is 23.8 Å². The lowest BCUT2D eigenvalue weighted by Crippen LogP contribution is -2.24. The number of anilines is 1. The fraction of sp³-hybridized carbons (Fsp3) is 0.269. The molecule has 3 aromatic rings. The third-order valence-electron chi connectivity index (χ3n) is 5.07. The standard InChI is InChI=1S/C26H27N3O5S/c1-17(2)32-14-19-7-5-18(6-8-19)13-28-25(31)21-4-3-11-27-26(21)35-15-24(30)29-20-9-10-22-23(12-20)34-16-33-22/h3-12,17H,13-16H2,1-2H3,(H,28,31)(H,29,30). The number of benzene rings is 2. The Morgan fingerprint density at radius 3 is 2.63 bits per heavy atom. The third kappa shape index (κ3) is 6.97. The van der Waals surface area contributed by atoms with Crippen LogP contribution in [-0.4, -0.2) is 35.4 Å². The quantitative estimate of drug-likeness (QED) is 0.404. The second-order valence-electron chi connectivity index (χ2n) is 8.12. The molecule has 0 radical (unpaired) electrons. The highest BCUT2D eigenvalue weighted by molar-refractivity contribution is 8.00. The lowest BCUT2D eigenvalue weighted by molar-refractivity contribution is -0.113. The minimum absolute atomic E-state index is 0.103. The monoisotopic (exact) mass is 493 g/mol. The number of nitrogens with zero attached hydrogens (tertiary/aromatic N) is 1. The first kappa shape index (κ1) is 24.6. The van der Waals surface area contributed by atoms with Crippen molar-refractivity contribution in [2.45, 2.75) is 38.1 Å². The molecule has 2 heterocycles. The number of rotatable bonds is 10. The van der Waals surface area contributed by atoms with Crippen molar-refractivity contribution in [1.29, 1.82) is 0 Å². The summed E-state index contributed by atoms with van der Waals surface area (Å²) in [5.74, 6) is 0.887. The van der Waals surface area contributed by atoms with E-state index in [2.05, 4.69) is 15.6 Å². The Hall–Kier alpha value is -3.56. The highest BCUT2D eigenvalue weighted by Crippen LogP contribution is 2.34.